The van der Waals surface area contributed by atoms with E-state index >= 15 is 0 Å². The van der Waals surface area contributed by atoms with Gasteiger partial charge in [-0.15, -0.1) is 0 Å². The van der Waals surface area contributed by atoms with Gasteiger partial charge in [-0.25, -0.2) is 9.37 Å². The van der Waals surface area contributed by atoms with E-state index < -0.39 is 6.17 Å². The zero-order valence-corrected chi connectivity index (χ0v) is 16.1. The normalized spacial score (nSPS) is 11.5. The van der Waals surface area contributed by atoms with E-state index in [0.717, 1.165) is 39.9 Å². The van der Waals surface area contributed by atoms with Crippen LogP contribution in [-0.2, 0) is 0 Å². The maximum atomic E-state index is 12.8. The molecule has 28 heavy (non-hydrogen) atoms. The molecule has 0 aliphatic carbocycles. The summed E-state index contributed by atoms with van der Waals surface area (Å²) in [5.41, 5.74) is 3.59. The lowest BCUT2D eigenvalue weighted by Gasteiger charge is -2.11. The fourth-order valence-corrected chi connectivity index (χ4v) is 2.93. The molecule has 1 heterocycles. The molecular weight excluding hydrogens is 349 g/mol. The van der Waals surface area contributed by atoms with Gasteiger partial charge in [-0.1, -0.05) is 48.8 Å². The monoisotopic (exact) mass is 373 g/mol. The number of aromatic nitrogens is 1. The highest BCUT2D eigenvalue weighted by atomic mass is 19.1. The average Bonchev–Trinajstić information content (AvgIpc) is 2.71. The zero-order valence-electron chi connectivity index (χ0n) is 16.1. The Labute approximate surface area is 166 Å². The molecule has 1 aromatic heterocycles. The third-order valence-electron chi connectivity index (χ3n) is 4.35. The molecule has 0 bridgehead atoms. The molecule has 0 radical (unpaired) electrons. The lowest BCUT2D eigenvalue weighted by Crippen LogP contribution is -1.97. The van der Waals surface area contributed by atoms with E-state index in [9.17, 15) is 4.39 Å². The van der Waals surface area contributed by atoms with Crippen molar-refractivity contribution in [1.82, 2.24) is 4.98 Å². The third-order valence-corrected chi connectivity index (χ3v) is 4.35. The van der Waals surface area contributed by atoms with Crippen LogP contribution in [0.3, 0.4) is 0 Å². The SMILES string of the molecule is C=CCOc1cc(C#CCCCC(C)F)ccc1-c1ccc2ccccc2n1. The Morgan fingerprint density at radius 2 is 2.04 bits per heavy atom. The Morgan fingerprint density at radius 3 is 2.86 bits per heavy atom. The van der Waals surface area contributed by atoms with E-state index in [1.165, 1.54) is 0 Å². The summed E-state index contributed by atoms with van der Waals surface area (Å²) in [5.74, 6) is 6.99. The Bertz CT molecular complexity index is 1010. The van der Waals surface area contributed by atoms with Gasteiger partial charge in [0.1, 0.15) is 12.4 Å². The molecule has 0 N–H and O–H groups in total. The van der Waals surface area contributed by atoms with Gasteiger partial charge in [-0.3, -0.25) is 0 Å². The fourth-order valence-electron chi connectivity index (χ4n) is 2.93. The van der Waals surface area contributed by atoms with Crippen LogP contribution >= 0.6 is 0 Å². The molecule has 0 fully saturated rings. The molecular formula is C25H24FNO. The highest BCUT2D eigenvalue weighted by Gasteiger charge is 2.09. The van der Waals surface area contributed by atoms with Gasteiger partial charge in [-0.05, 0) is 50.1 Å². The molecule has 0 spiro atoms. The smallest absolute Gasteiger partial charge is 0.130 e. The highest BCUT2D eigenvalue weighted by Crippen LogP contribution is 2.31. The molecule has 0 saturated carbocycles. The van der Waals surface area contributed by atoms with Crippen molar-refractivity contribution < 1.29 is 9.13 Å². The van der Waals surface area contributed by atoms with Crippen molar-refractivity contribution >= 4 is 10.9 Å². The Hall–Kier alpha value is -3.12. The van der Waals surface area contributed by atoms with Crippen molar-refractivity contribution in [3.05, 3.63) is 72.8 Å². The second kappa shape index (κ2) is 9.71. The summed E-state index contributed by atoms with van der Waals surface area (Å²) in [6.07, 6.45) is 2.95. The summed E-state index contributed by atoms with van der Waals surface area (Å²) in [5, 5.41) is 1.10. The standard InChI is InChI=1S/C25H24FNO/c1-3-17-28-25-18-20(10-6-4-5-9-19(2)26)13-15-22(25)24-16-14-21-11-7-8-12-23(21)27-24/h3,7-8,11-16,18-19H,1,4-5,9,17H2,2H3. The minimum absolute atomic E-state index is 0.409. The second-order valence-corrected chi connectivity index (χ2v) is 6.67. The first-order chi connectivity index (χ1) is 13.7. The minimum atomic E-state index is -0.769. The summed E-state index contributed by atoms with van der Waals surface area (Å²) in [7, 11) is 0. The Balaban J connectivity index is 1.87. The van der Waals surface area contributed by atoms with Gasteiger partial charge in [0.05, 0.1) is 17.4 Å². The summed E-state index contributed by atoms with van der Waals surface area (Å²) < 4.78 is 18.7. The third kappa shape index (κ3) is 5.20. The Morgan fingerprint density at radius 1 is 1.18 bits per heavy atom. The van der Waals surface area contributed by atoms with Gasteiger partial charge in [0.15, 0.2) is 0 Å². The van der Waals surface area contributed by atoms with Crippen LogP contribution in [-0.4, -0.2) is 17.8 Å². The molecule has 142 valence electrons. The molecule has 0 aliphatic heterocycles. The summed E-state index contributed by atoms with van der Waals surface area (Å²) in [4.78, 5) is 4.77. The Kier molecular flexibility index (Phi) is 6.81. The van der Waals surface area contributed by atoms with Crippen molar-refractivity contribution in [1.29, 1.82) is 0 Å². The average molecular weight is 373 g/mol. The zero-order chi connectivity index (χ0) is 19.8. The molecule has 3 heteroatoms. The fraction of sp³-hybridized carbons (Fsp3) is 0.240. The number of fused-ring (bicyclic) bond motifs is 1. The van der Waals surface area contributed by atoms with Crippen LogP contribution in [0, 0.1) is 11.8 Å². The van der Waals surface area contributed by atoms with Gasteiger partial charge in [0.2, 0.25) is 0 Å². The number of rotatable bonds is 7. The topological polar surface area (TPSA) is 22.1 Å². The van der Waals surface area contributed by atoms with E-state index in [-0.39, 0.29) is 0 Å². The molecule has 3 aromatic rings. The van der Waals surface area contributed by atoms with Crippen LogP contribution in [0.2, 0.25) is 0 Å². The minimum Gasteiger partial charge on any atom is -0.489 e. The van der Waals surface area contributed by atoms with Crippen molar-refractivity contribution in [2.24, 2.45) is 0 Å². The predicted molar refractivity (Wildman–Crippen MR) is 114 cm³/mol. The summed E-state index contributed by atoms with van der Waals surface area (Å²) >= 11 is 0. The van der Waals surface area contributed by atoms with Crippen LogP contribution in [0.15, 0.2) is 67.3 Å². The highest BCUT2D eigenvalue weighted by molar-refractivity contribution is 5.82. The first-order valence-corrected chi connectivity index (χ1v) is 9.54. The number of pyridine rings is 1. The lowest BCUT2D eigenvalue weighted by molar-refractivity contribution is 0.336. The molecule has 0 aliphatic rings. The van der Waals surface area contributed by atoms with E-state index in [1.807, 2.05) is 48.5 Å². The maximum Gasteiger partial charge on any atom is 0.130 e. The van der Waals surface area contributed by atoms with Crippen LogP contribution in [0.5, 0.6) is 5.75 Å². The van der Waals surface area contributed by atoms with Crippen LogP contribution in [0.4, 0.5) is 4.39 Å². The predicted octanol–water partition coefficient (Wildman–Crippen LogP) is 6.35. The summed E-state index contributed by atoms with van der Waals surface area (Å²) in [6.45, 7) is 5.71. The molecule has 3 rings (SSSR count). The number of halogens is 1. The van der Waals surface area contributed by atoms with Gasteiger partial charge < -0.3 is 4.74 Å². The van der Waals surface area contributed by atoms with Crippen molar-refractivity contribution in [2.45, 2.75) is 32.4 Å². The van der Waals surface area contributed by atoms with Gasteiger partial charge >= 0.3 is 0 Å². The first kappa shape index (κ1) is 19.6. The van der Waals surface area contributed by atoms with E-state index in [0.29, 0.717) is 19.4 Å². The lowest BCUT2D eigenvalue weighted by atomic mass is 10.1. The summed E-state index contributed by atoms with van der Waals surface area (Å²) in [6, 6.07) is 18.0. The van der Waals surface area contributed by atoms with Gasteiger partial charge in [0.25, 0.3) is 0 Å². The molecule has 2 nitrogen and oxygen atoms in total. The van der Waals surface area contributed by atoms with Crippen LogP contribution in [0.25, 0.3) is 22.2 Å². The number of unbranched alkanes of at least 4 members (excludes halogenated alkanes) is 1. The van der Waals surface area contributed by atoms with Crippen molar-refractivity contribution in [3.8, 4) is 28.8 Å². The quantitative estimate of drug-likeness (QED) is 0.274. The van der Waals surface area contributed by atoms with Gasteiger partial charge in [0, 0.05) is 22.9 Å². The molecule has 1 atom stereocenters. The number of benzene rings is 2. The maximum absolute atomic E-state index is 12.8. The van der Waals surface area contributed by atoms with E-state index in [1.54, 1.807) is 13.0 Å². The number of hydrogen-bond donors (Lipinski definition) is 0. The largest absolute Gasteiger partial charge is 0.489 e. The van der Waals surface area contributed by atoms with E-state index in [4.69, 9.17) is 9.72 Å². The van der Waals surface area contributed by atoms with Gasteiger partial charge in [-0.2, -0.15) is 0 Å². The van der Waals surface area contributed by atoms with Crippen LogP contribution in [0.1, 0.15) is 31.7 Å². The molecule has 1 unspecified atom stereocenters. The molecule has 0 saturated heterocycles. The second-order valence-electron chi connectivity index (χ2n) is 6.67. The van der Waals surface area contributed by atoms with Crippen molar-refractivity contribution in [3.63, 3.8) is 0 Å². The molecule has 0 amide bonds. The number of para-hydroxylation sites is 1. The number of alkyl halides is 1. The van der Waals surface area contributed by atoms with E-state index in [2.05, 4.69) is 24.5 Å². The molecule has 2 aromatic carbocycles. The number of nitrogens with zero attached hydrogens (tertiary/aromatic N) is 1. The number of hydrogen-bond acceptors (Lipinski definition) is 2. The number of ether oxygens (including phenoxy) is 1. The first-order valence-electron chi connectivity index (χ1n) is 9.54. The van der Waals surface area contributed by atoms with Crippen molar-refractivity contribution in [2.75, 3.05) is 6.61 Å². The van der Waals surface area contributed by atoms with Crippen LogP contribution < -0.4 is 4.74 Å².